The molecule has 0 aromatic rings. The summed E-state index contributed by atoms with van der Waals surface area (Å²) >= 11 is 0. The van der Waals surface area contributed by atoms with E-state index >= 15 is 0 Å². The molecule has 1 fully saturated rings. The van der Waals surface area contributed by atoms with Crippen LogP contribution < -0.4 is 10.6 Å². The third-order valence-electron chi connectivity index (χ3n) is 3.35. The van der Waals surface area contributed by atoms with E-state index in [9.17, 15) is 4.79 Å². The lowest BCUT2D eigenvalue weighted by atomic mass is 10.0. The molecule has 1 amide bonds. The van der Waals surface area contributed by atoms with Crippen molar-refractivity contribution >= 4 is 6.09 Å². The van der Waals surface area contributed by atoms with Crippen LogP contribution in [0.1, 0.15) is 53.9 Å². The van der Waals surface area contributed by atoms with Gasteiger partial charge >= 0.3 is 6.09 Å². The van der Waals surface area contributed by atoms with Gasteiger partial charge in [-0.05, 0) is 47.0 Å². The van der Waals surface area contributed by atoms with Crippen molar-refractivity contribution in [3.8, 4) is 0 Å². The van der Waals surface area contributed by atoms with Crippen molar-refractivity contribution in [2.24, 2.45) is 0 Å². The smallest absolute Gasteiger partial charge is 0.407 e. The molecule has 0 spiro atoms. The lowest BCUT2D eigenvalue weighted by Crippen LogP contribution is -2.47. The number of hydrogen-bond acceptors (Lipinski definition) is 4. The summed E-state index contributed by atoms with van der Waals surface area (Å²) in [6.07, 6.45) is 2.92. The zero-order valence-corrected chi connectivity index (χ0v) is 13.5. The Morgan fingerprint density at radius 3 is 2.70 bits per heavy atom. The first-order valence-electron chi connectivity index (χ1n) is 7.64. The van der Waals surface area contributed by atoms with E-state index in [1.54, 1.807) is 0 Å². The van der Waals surface area contributed by atoms with Gasteiger partial charge in [0.2, 0.25) is 0 Å². The molecule has 5 heteroatoms. The molecule has 1 heterocycles. The second-order valence-corrected chi connectivity index (χ2v) is 6.56. The maximum Gasteiger partial charge on any atom is 0.407 e. The largest absolute Gasteiger partial charge is 0.444 e. The van der Waals surface area contributed by atoms with Gasteiger partial charge in [-0.15, -0.1) is 0 Å². The number of nitrogens with one attached hydrogen (secondary N) is 2. The van der Waals surface area contributed by atoms with Crippen LogP contribution in [0.25, 0.3) is 0 Å². The molecule has 0 bridgehead atoms. The monoisotopic (exact) mass is 286 g/mol. The summed E-state index contributed by atoms with van der Waals surface area (Å²) < 4.78 is 10.8. The van der Waals surface area contributed by atoms with Crippen molar-refractivity contribution in [1.82, 2.24) is 10.6 Å². The van der Waals surface area contributed by atoms with Crippen LogP contribution >= 0.6 is 0 Å². The first-order valence-corrected chi connectivity index (χ1v) is 7.64. The first-order chi connectivity index (χ1) is 9.30. The third-order valence-corrected chi connectivity index (χ3v) is 3.35. The van der Waals surface area contributed by atoms with Gasteiger partial charge in [0.15, 0.2) is 0 Å². The van der Waals surface area contributed by atoms with Gasteiger partial charge in [-0.3, -0.25) is 0 Å². The molecule has 1 rings (SSSR count). The van der Waals surface area contributed by atoms with E-state index in [0.717, 1.165) is 32.4 Å². The van der Waals surface area contributed by atoms with E-state index in [2.05, 4.69) is 24.5 Å². The lowest BCUT2D eigenvalue weighted by Gasteiger charge is -2.30. The molecule has 0 radical (unpaired) electrons. The molecule has 1 aliphatic rings. The minimum Gasteiger partial charge on any atom is -0.444 e. The average Bonchev–Trinajstić information content (AvgIpc) is 2.32. The molecular formula is C15H30N2O3. The van der Waals surface area contributed by atoms with Gasteiger partial charge in [0.25, 0.3) is 0 Å². The standard InChI is InChI=1S/C15H30N2O3/c1-6-12(17-14(18)20-15(3,4)5)10-16-13-7-8-19-11(2)9-13/h11-13,16H,6-10H2,1-5H3,(H,17,18). The van der Waals surface area contributed by atoms with E-state index in [4.69, 9.17) is 9.47 Å². The van der Waals surface area contributed by atoms with Gasteiger partial charge < -0.3 is 20.1 Å². The molecule has 3 atom stereocenters. The zero-order valence-electron chi connectivity index (χ0n) is 13.5. The summed E-state index contributed by atoms with van der Waals surface area (Å²) in [5.74, 6) is 0. The van der Waals surface area contributed by atoms with Gasteiger partial charge in [0, 0.05) is 25.2 Å². The molecular weight excluding hydrogens is 256 g/mol. The predicted molar refractivity (Wildman–Crippen MR) is 79.9 cm³/mol. The summed E-state index contributed by atoms with van der Waals surface area (Å²) in [7, 11) is 0. The Labute approximate surface area is 122 Å². The van der Waals surface area contributed by atoms with Crippen molar-refractivity contribution in [2.45, 2.75) is 77.7 Å². The number of rotatable bonds is 5. The predicted octanol–water partition coefficient (Wildman–Crippen LogP) is 2.45. The Morgan fingerprint density at radius 1 is 1.45 bits per heavy atom. The van der Waals surface area contributed by atoms with Gasteiger partial charge in [0.05, 0.1) is 6.10 Å². The van der Waals surface area contributed by atoms with Crippen LogP contribution in [0, 0.1) is 0 Å². The topological polar surface area (TPSA) is 59.6 Å². The van der Waals surface area contributed by atoms with E-state index in [1.165, 1.54) is 0 Å². The van der Waals surface area contributed by atoms with Crippen LogP contribution in [-0.2, 0) is 9.47 Å². The summed E-state index contributed by atoms with van der Waals surface area (Å²) in [5.41, 5.74) is -0.452. The maximum atomic E-state index is 11.8. The van der Waals surface area contributed by atoms with Crippen LogP contribution in [-0.4, -0.2) is 43.0 Å². The molecule has 0 aromatic carbocycles. The van der Waals surface area contributed by atoms with E-state index in [1.807, 2.05) is 20.8 Å². The normalized spacial score (nSPS) is 25.1. The van der Waals surface area contributed by atoms with Crippen LogP contribution in [0.5, 0.6) is 0 Å². The highest BCUT2D eigenvalue weighted by Gasteiger charge is 2.22. The Bertz CT molecular complexity index is 302. The lowest BCUT2D eigenvalue weighted by molar-refractivity contribution is 0.0126. The maximum absolute atomic E-state index is 11.8. The molecule has 0 saturated carbocycles. The number of carbonyl (C=O) groups is 1. The second kappa shape index (κ2) is 7.84. The van der Waals surface area contributed by atoms with Crippen molar-refractivity contribution in [3.63, 3.8) is 0 Å². The minimum absolute atomic E-state index is 0.100. The summed E-state index contributed by atoms with van der Waals surface area (Å²) in [6, 6.07) is 0.580. The molecule has 0 aromatic heterocycles. The van der Waals surface area contributed by atoms with Crippen LogP contribution in [0.2, 0.25) is 0 Å². The highest BCUT2D eigenvalue weighted by molar-refractivity contribution is 5.68. The van der Waals surface area contributed by atoms with Crippen LogP contribution in [0.15, 0.2) is 0 Å². The second-order valence-electron chi connectivity index (χ2n) is 6.56. The molecule has 3 unspecified atom stereocenters. The zero-order chi connectivity index (χ0) is 15.2. The van der Waals surface area contributed by atoms with Crippen molar-refractivity contribution in [3.05, 3.63) is 0 Å². The van der Waals surface area contributed by atoms with Crippen LogP contribution in [0.4, 0.5) is 4.79 Å². The summed E-state index contributed by atoms with van der Waals surface area (Å²) in [6.45, 7) is 11.4. The van der Waals surface area contributed by atoms with Crippen LogP contribution in [0.3, 0.4) is 0 Å². The molecule has 20 heavy (non-hydrogen) atoms. The quantitative estimate of drug-likeness (QED) is 0.815. The third kappa shape index (κ3) is 7.10. The highest BCUT2D eigenvalue weighted by atomic mass is 16.6. The van der Waals surface area contributed by atoms with Crippen molar-refractivity contribution < 1.29 is 14.3 Å². The average molecular weight is 286 g/mol. The Morgan fingerprint density at radius 2 is 2.15 bits per heavy atom. The fraction of sp³-hybridized carbons (Fsp3) is 0.933. The number of amides is 1. The number of hydrogen-bond donors (Lipinski definition) is 2. The van der Waals surface area contributed by atoms with Crippen molar-refractivity contribution in [2.75, 3.05) is 13.2 Å². The Kier molecular flexibility index (Phi) is 6.76. The molecule has 0 aliphatic carbocycles. The molecule has 118 valence electrons. The summed E-state index contributed by atoms with van der Waals surface area (Å²) in [5, 5.41) is 6.44. The van der Waals surface area contributed by atoms with E-state index < -0.39 is 5.60 Å². The van der Waals surface area contributed by atoms with Gasteiger partial charge in [-0.2, -0.15) is 0 Å². The minimum atomic E-state index is -0.452. The SMILES string of the molecule is CCC(CNC1CCOC(C)C1)NC(=O)OC(C)(C)C. The molecule has 1 saturated heterocycles. The fourth-order valence-electron chi connectivity index (χ4n) is 2.26. The number of carbonyl (C=O) groups excluding carboxylic acids is 1. The van der Waals surface area contributed by atoms with Gasteiger partial charge in [-0.1, -0.05) is 6.92 Å². The fourth-order valence-corrected chi connectivity index (χ4v) is 2.26. The molecule has 5 nitrogen and oxygen atoms in total. The highest BCUT2D eigenvalue weighted by Crippen LogP contribution is 2.13. The van der Waals surface area contributed by atoms with E-state index in [-0.39, 0.29) is 12.1 Å². The first kappa shape index (κ1) is 17.2. The molecule has 1 aliphatic heterocycles. The van der Waals surface area contributed by atoms with Gasteiger partial charge in [0.1, 0.15) is 5.60 Å². The molecule has 2 N–H and O–H groups in total. The number of ether oxygens (including phenoxy) is 2. The summed E-state index contributed by atoms with van der Waals surface area (Å²) in [4.78, 5) is 11.8. The Balaban J connectivity index is 2.30. The van der Waals surface area contributed by atoms with Gasteiger partial charge in [-0.25, -0.2) is 4.79 Å². The van der Waals surface area contributed by atoms with Crippen molar-refractivity contribution in [1.29, 1.82) is 0 Å². The Hall–Kier alpha value is -0.810. The van der Waals surface area contributed by atoms with E-state index in [0.29, 0.717) is 12.1 Å². The number of alkyl carbamates (subject to hydrolysis) is 1.